The molecule has 0 radical (unpaired) electrons. The maximum absolute atomic E-state index is 4.61. The summed E-state index contributed by atoms with van der Waals surface area (Å²) in [5.41, 5.74) is 2.49. The van der Waals surface area contributed by atoms with Crippen molar-refractivity contribution in [2.45, 2.75) is 26.7 Å². The molecule has 0 spiro atoms. The Balaban J connectivity index is 1.75. The lowest BCUT2D eigenvalue weighted by atomic mass is 10.2. The van der Waals surface area contributed by atoms with Gasteiger partial charge in [0, 0.05) is 25.7 Å². The second kappa shape index (κ2) is 5.81. The highest BCUT2D eigenvalue weighted by molar-refractivity contribution is 7.16. The number of aryl methyl sites for hydroxylation is 2. The van der Waals surface area contributed by atoms with Crippen LogP contribution in [0, 0.1) is 6.92 Å². The van der Waals surface area contributed by atoms with Crippen molar-refractivity contribution in [3.63, 3.8) is 0 Å². The smallest absolute Gasteiger partial charge is 0.138 e. The van der Waals surface area contributed by atoms with Gasteiger partial charge in [-0.15, -0.1) is 11.3 Å². The molecule has 0 aliphatic heterocycles. The molecule has 0 aliphatic carbocycles. The molecule has 0 aromatic carbocycles. The minimum atomic E-state index is 0.845. The highest BCUT2D eigenvalue weighted by Crippen LogP contribution is 2.25. The summed E-state index contributed by atoms with van der Waals surface area (Å²) in [5, 5.41) is 10.9. The number of aromatic nitrogens is 4. The summed E-state index contributed by atoms with van der Waals surface area (Å²) in [7, 11) is 1.97. The fraction of sp³-hybridized carbons (Fsp3) is 0.400. The molecule has 0 atom stereocenters. The normalized spacial score (nSPS) is 11.2. The van der Waals surface area contributed by atoms with E-state index < -0.39 is 0 Å². The van der Waals surface area contributed by atoms with E-state index in [1.165, 1.54) is 11.3 Å². The lowest BCUT2D eigenvalue weighted by molar-refractivity contribution is 0.737. The van der Waals surface area contributed by atoms with E-state index in [0.717, 1.165) is 41.2 Å². The second-order valence-electron chi connectivity index (χ2n) is 5.04. The standard InChI is InChI=1S/C15H19N5S/c1-4-13-18-14(12-6-8-21-15(12)19-13)16-7-5-11-9-17-20(3)10(11)2/h6,8-9H,4-5,7H2,1-3H3,(H,16,18,19). The maximum Gasteiger partial charge on any atom is 0.138 e. The lowest BCUT2D eigenvalue weighted by Gasteiger charge is -2.08. The first-order valence-corrected chi connectivity index (χ1v) is 8.02. The van der Waals surface area contributed by atoms with Gasteiger partial charge in [0.25, 0.3) is 0 Å². The second-order valence-corrected chi connectivity index (χ2v) is 5.93. The molecule has 0 bridgehead atoms. The van der Waals surface area contributed by atoms with Gasteiger partial charge in [0.1, 0.15) is 16.5 Å². The summed E-state index contributed by atoms with van der Waals surface area (Å²) >= 11 is 1.66. The van der Waals surface area contributed by atoms with Gasteiger partial charge in [-0.3, -0.25) is 4.68 Å². The summed E-state index contributed by atoms with van der Waals surface area (Å²) in [5.74, 6) is 1.84. The molecule has 1 N–H and O–H groups in total. The Hall–Kier alpha value is -1.95. The molecule has 3 aromatic heterocycles. The largest absolute Gasteiger partial charge is 0.369 e. The zero-order valence-electron chi connectivity index (χ0n) is 12.6. The van der Waals surface area contributed by atoms with Crippen molar-refractivity contribution in [3.05, 3.63) is 34.7 Å². The van der Waals surface area contributed by atoms with E-state index >= 15 is 0 Å². The van der Waals surface area contributed by atoms with Gasteiger partial charge in [0.05, 0.1) is 11.6 Å². The van der Waals surface area contributed by atoms with Gasteiger partial charge in [0.2, 0.25) is 0 Å². The molecule has 6 heteroatoms. The predicted octanol–water partition coefficient (Wildman–Crippen LogP) is 2.95. The number of hydrogen-bond acceptors (Lipinski definition) is 5. The lowest BCUT2D eigenvalue weighted by Crippen LogP contribution is -2.09. The molecule has 0 saturated heterocycles. The molecule has 110 valence electrons. The van der Waals surface area contributed by atoms with Crippen LogP contribution in [-0.2, 0) is 19.9 Å². The summed E-state index contributed by atoms with van der Waals surface area (Å²) in [6.07, 6.45) is 3.73. The molecule has 5 nitrogen and oxygen atoms in total. The number of thiophene rings is 1. The van der Waals surface area contributed by atoms with Gasteiger partial charge >= 0.3 is 0 Å². The highest BCUT2D eigenvalue weighted by Gasteiger charge is 2.08. The van der Waals surface area contributed by atoms with E-state index in [4.69, 9.17) is 0 Å². The molecule has 0 amide bonds. The SMILES string of the molecule is CCc1nc(NCCc2cnn(C)c2C)c2ccsc2n1. The van der Waals surface area contributed by atoms with Gasteiger partial charge in [-0.25, -0.2) is 9.97 Å². The van der Waals surface area contributed by atoms with E-state index in [1.54, 1.807) is 11.3 Å². The summed E-state index contributed by atoms with van der Waals surface area (Å²) in [6.45, 7) is 5.02. The van der Waals surface area contributed by atoms with E-state index in [0.29, 0.717) is 0 Å². The fourth-order valence-electron chi connectivity index (χ4n) is 2.30. The first-order chi connectivity index (χ1) is 10.2. The number of hydrogen-bond donors (Lipinski definition) is 1. The Morgan fingerprint density at radius 3 is 2.90 bits per heavy atom. The van der Waals surface area contributed by atoms with Crippen LogP contribution in [0.1, 0.15) is 24.0 Å². The van der Waals surface area contributed by atoms with E-state index in [9.17, 15) is 0 Å². The van der Waals surface area contributed by atoms with Crippen LogP contribution in [0.5, 0.6) is 0 Å². The Labute approximate surface area is 128 Å². The number of rotatable bonds is 5. The average Bonchev–Trinajstić information content (AvgIpc) is 3.08. The molecule has 3 rings (SSSR count). The summed E-state index contributed by atoms with van der Waals surface area (Å²) < 4.78 is 1.91. The highest BCUT2D eigenvalue weighted by atomic mass is 32.1. The van der Waals surface area contributed by atoms with Crippen molar-refractivity contribution in [3.8, 4) is 0 Å². The third-order valence-corrected chi connectivity index (χ3v) is 4.52. The quantitative estimate of drug-likeness (QED) is 0.787. The number of fused-ring (bicyclic) bond motifs is 1. The third kappa shape index (κ3) is 2.76. The first-order valence-electron chi connectivity index (χ1n) is 7.14. The zero-order valence-corrected chi connectivity index (χ0v) is 13.4. The van der Waals surface area contributed by atoms with Crippen LogP contribution < -0.4 is 5.32 Å². The van der Waals surface area contributed by atoms with E-state index in [2.05, 4.69) is 45.7 Å². The fourth-order valence-corrected chi connectivity index (χ4v) is 3.08. The Morgan fingerprint density at radius 2 is 2.19 bits per heavy atom. The van der Waals surface area contributed by atoms with Crippen molar-refractivity contribution in [1.82, 2.24) is 19.7 Å². The number of nitrogens with zero attached hydrogens (tertiary/aromatic N) is 4. The van der Waals surface area contributed by atoms with Crippen molar-refractivity contribution in [1.29, 1.82) is 0 Å². The summed E-state index contributed by atoms with van der Waals surface area (Å²) in [6, 6.07) is 2.08. The molecule has 21 heavy (non-hydrogen) atoms. The van der Waals surface area contributed by atoms with Crippen LogP contribution >= 0.6 is 11.3 Å². The van der Waals surface area contributed by atoms with Crippen molar-refractivity contribution >= 4 is 27.4 Å². The monoisotopic (exact) mass is 301 g/mol. The van der Waals surface area contributed by atoms with Crippen molar-refractivity contribution < 1.29 is 0 Å². The van der Waals surface area contributed by atoms with Gasteiger partial charge in [-0.1, -0.05) is 6.92 Å². The minimum Gasteiger partial charge on any atom is -0.369 e. The summed E-state index contributed by atoms with van der Waals surface area (Å²) in [4.78, 5) is 10.2. The maximum atomic E-state index is 4.61. The third-order valence-electron chi connectivity index (χ3n) is 3.71. The van der Waals surface area contributed by atoms with Crippen LogP contribution in [0.4, 0.5) is 5.82 Å². The van der Waals surface area contributed by atoms with Crippen molar-refractivity contribution in [2.75, 3.05) is 11.9 Å². The molecule has 0 fully saturated rings. The Kier molecular flexibility index (Phi) is 3.88. The Bertz CT molecular complexity index is 759. The van der Waals surface area contributed by atoms with Crippen LogP contribution in [0.2, 0.25) is 0 Å². The van der Waals surface area contributed by atoms with Crippen LogP contribution in [-0.4, -0.2) is 26.3 Å². The van der Waals surface area contributed by atoms with E-state index in [1.807, 2.05) is 17.9 Å². The Morgan fingerprint density at radius 1 is 1.33 bits per heavy atom. The topological polar surface area (TPSA) is 55.6 Å². The van der Waals surface area contributed by atoms with Crippen LogP contribution in [0.3, 0.4) is 0 Å². The van der Waals surface area contributed by atoms with Crippen LogP contribution in [0.15, 0.2) is 17.6 Å². The zero-order chi connectivity index (χ0) is 14.8. The minimum absolute atomic E-state index is 0.845. The molecular formula is C15H19N5S. The molecule has 0 unspecified atom stereocenters. The van der Waals surface area contributed by atoms with Crippen molar-refractivity contribution in [2.24, 2.45) is 7.05 Å². The van der Waals surface area contributed by atoms with Gasteiger partial charge in [0.15, 0.2) is 0 Å². The van der Waals surface area contributed by atoms with E-state index in [-0.39, 0.29) is 0 Å². The average molecular weight is 301 g/mol. The predicted molar refractivity (Wildman–Crippen MR) is 86.9 cm³/mol. The van der Waals surface area contributed by atoms with Crippen LogP contribution in [0.25, 0.3) is 10.2 Å². The molecule has 0 saturated carbocycles. The van der Waals surface area contributed by atoms with Gasteiger partial charge in [-0.05, 0) is 30.4 Å². The molecule has 0 aliphatic rings. The molecule has 3 aromatic rings. The molecule has 3 heterocycles. The van der Waals surface area contributed by atoms with Gasteiger partial charge < -0.3 is 5.32 Å². The molecular weight excluding hydrogens is 282 g/mol. The number of anilines is 1. The van der Waals surface area contributed by atoms with Gasteiger partial charge in [-0.2, -0.15) is 5.10 Å². The first kappa shape index (κ1) is 14.0. The number of nitrogens with one attached hydrogen (secondary N) is 1.